The molecule has 1 fully saturated rings. The van der Waals surface area contributed by atoms with E-state index in [-0.39, 0.29) is 19.0 Å². The molecule has 1 aliphatic rings. The summed E-state index contributed by atoms with van der Waals surface area (Å²) in [4.78, 5) is 23.1. The highest BCUT2D eigenvalue weighted by atomic mass is 19.3. The second kappa shape index (κ2) is 5.62. The lowest BCUT2D eigenvalue weighted by atomic mass is 9.87. The summed E-state index contributed by atoms with van der Waals surface area (Å²) in [5.41, 5.74) is 0. The highest BCUT2D eigenvalue weighted by Gasteiger charge is 2.42. The first kappa shape index (κ1) is 15.5. The molecular weight excluding hydrogens is 272 g/mol. The topological polar surface area (TPSA) is 69.6 Å². The van der Waals surface area contributed by atoms with Gasteiger partial charge in [0.2, 0.25) is 0 Å². The minimum atomic E-state index is -4.27. The molecule has 110 valence electrons. The van der Waals surface area contributed by atoms with Crippen molar-refractivity contribution in [3.8, 4) is 0 Å². The van der Waals surface area contributed by atoms with Crippen molar-refractivity contribution in [3.63, 3.8) is 0 Å². The number of halogens is 4. The number of nitrogens with one attached hydrogen (secondary N) is 1. The Balaban J connectivity index is 2.33. The molecule has 2 N–H and O–H groups in total. The van der Waals surface area contributed by atoms with Crippen LogP contribution in [0.2, 0.25) is 0 Å². The van der Waals surface area contributed by atoms with E-state index < -0.39 is 36.8 Å². The molecule has 2 amide bonds. The first-order chi connectivity index (χ1) is 8.65. The van der Waals surface area contributed by atoms with Gasteiger partial charge in [0, 0.05) is 19.0 Å². The Kier molecular flexibility index (Phi) is 4.59. The predicted molar refractivity (Wildman–Crippen MR) is 56.2 cm³/mol. The van der Waals surface area contributed by atoms with Crippen molar-refractivity contribution in [3.05, 3.63) is 0 Å². The number of alkyl halides is 4. The van der Waals surface area contributed by atoms with Gasteiger partial charge in [-0.05, 0) is 0 Å². The van der Waals surface area contributed by atoms with Crippen LogP contribution in [-0.4, -0.2) is 54.0 Å². The fourth-order valence-corrected chi connectivity index (χ4v) is 1.58. The van der Waals surface area contributed by atoms with Crippen molar-refractivity contribution in [1.82, 2.24) is 10.2 Å². The zero-order valence-electron chi connectivity index (χ0n) is 10.1. The molecule has 0 spiro atoms. The number of carbonyl (C=O) groups excluding carboxylic acids is 1. The quantitative estimate of drug-likeness (QED) is 0.747. The van der Waals surface area contributed by atoms with Crippen molar-refractivity contribution in [2.24, 2.45) is 11.8 Å². The third-order valence-electron chi connectivity index (χ3n) is 3.09. The Labute approximate surface area is 106 Å². The molecule has 5 nitrogen and oxygen atoms in total. The van der Waals surface area contributed by atoms with Crippen molar-refractivity contribution >= 4 is 12.0 Å². The number of carbonyl (C=O) groups is 2. The molecule has 0 aliphatic carbocycles. The Morgan fingerprint density at radius 1 is 1.42 bits per heavy atom. The highest BCUT2D eigenvalue weighted by Crippen LogP contribution is 2.25. The third kappa shape index (κ3) is 3.71. The molecule has 1 saturated heterocycles. The average molecular weight is 286 g/mol. The van der Waals surface area contributed by atoms with E-state index in [0.29, 0.717) is 0 Å². The van der Waals surface area contributed by atoms with E-state index in [1.54, 1.807) is 5.32 Å². The lowest BCUT2D eigenvalue weighted by Crippen LogP contribution is -2.57. The van der Waals surface area contributed by atoms with Gasteiger partial charge in [-0.25, -0.2) is 13.6 Å². The lowest BCUT2D eigenvalue weighted by Gasteiger charge is -2.41. The molecular formula is C10H14F4N2O3. The van der Waals surface area contributed by atoms with E-state index in [1.165, 1.54) is 6.92 Å². The molecule has 0 bridgehead atoms. The first-order valence-electron chi connectivity index (χ1n) is 5.56. The van der Waals surface area contributed by atoms with Gasteiger partial charge in [-0.3, -0.25) is 4.79 Å². The van der Waals surface area contributed by atoms with Crippen LogP contribution < -0.4 is 5.32 Å². The minimum absolute atomic E-state index is 0.111. The van der Waals surface area contributed by atoms with Gasteiger partial charge >= 0.3 is 24.3 Å². The smallest absolute Gasteiger partial charge is 0.324 e. The van der Waals surface area contributed by atoms with E-state index in [2.05, 4.69) is 0 Å². The maximum Gasteiger partial charge on any atom is 0.324 e. The fraction of sp³-hybridized carbons (Fsp3) is 0.800. The standard InChI is InChI=1S/C10H14F4N2O3/c1-5(7(17)18)6-2-16(3-6)9(19)15-4-10(13,14)8(11)12/h5-6,8H,2-4H2,1H3,(H,15,19)(H,17,18). The minimum Gasteiger partial charge on any atom is -0.481 e. The number of urea groups is 1. The molecule has 19 heavy (non-hydrogen) atoms. The number of rotatable bonds is 5. The summed E-state index contributed by atoms with van der Waals surface area (Å²) in [6.45, 7) is 0.255. The number of likely N-dealkylation sites (tertiary alicyclic amines) is 1. The first-order valence-corrected chi connectivity index (χ1v) is 5.56. The second-order valence-corrected chi connectivity index (χ2v) is 4.51. The van der Waals surface area contributed by atoms with E-state index in [1.807, 2.05) is 0 Å². The monoisotopic (exact) mass is 286 g/mol. The van der Waals surface area contributed by atoms with Gasteiger partial charge in [0.05, 0.1) is 12.5 Å². The summed E-state index contributed by atoms with van der Waals surface area (Å²) >= 11 is 0. The van der Waals surface area contributed by atoms with Gasteiger partial charge in [0.25, 0.3) is 0 Å². The lowest BCUT2D eigenvalue weighted by molar-refractivity contribution is -0.144. The molecule has 1 atom stereocenters. The van der Waals surface area contributed by atoms with Crippen LogP contribution in [0.25, 0.3) is 0 Å². The molecule has 0 aromatic carbocycles. The third-order valence-corrected chi connectivity index (χ3v) is 3.09. The molecule has 1 unspecified atom stereocenters. The van der Waals surface area contributed by atoms with Crippen LogP contribution in [0.4, 0.5) is 22.4 Å². The van der Waals surface area contributed by atoms with E-state index in [9.17, 15) is 27.2 Å². The summed E-state index contributed by atoms with van der Waals surface area (Å²) in [5, 5.41) is 10.4. The van der Waals surface area contributed by atoms with Crippen molar-refractivity contribution in [2.45, 2.75) is 19.3 Å². The molecule has 0 aromatic rings. The van der Waals surface area contributed by atoms with E-state index >= 15 is 0 Å². The van der Waals surface area contributed by atoms with Crippen LogP contribution in [-0.2, 0) is 4.79 Å². The largest absolute Gasteiger partial charge is 0.481 e. The molecule has 0 aromatic heterocycles. The van der Waals surface area contributed by atoms with Gasteiger partial charge in [-0.15, -0.1) is 0 Å². The number of nitrogens with zero attached hydrogens (tertiary/aromatic N) is 1. The van der Waals surface area contributed by atoms with Crippen molar-refractivity contribution < 1.29 is 32.3 Å². The van der Waals surface area contributed by atoms with Crippen LogP contribution in [0.1, 0.15) is 6.92 Å². The van der Waals surface area contributed by atoms with Crippen LogP contribution in [0, 0.1) is 11.8 Å². The molecule has 0 radical (unpaired) electrons. The molecule has 1 rings (SSSR count). The maximum absolute atomic E-state index is 12.5. The van der Waals surface area contributed by atoms with Gasteiger partial charge in [-0.1, -0.05) is 6.92 Å². The number of aliphatic carboxylic acids is 1. The van der Waals surface area contributed by atoms with Crippen molar-refractivity contribution in [2.75, 3.05) is 19.6 Å². The van der Waals surface area contributed by atoms with Gasteiger partial charge in [0.1, 0.15) is 0 Å². The normalized spacial score (nSPS) is 18.1. The number of carboxylic acids is 1. The summed E-state index contributed by atoms with van der Waals surface area (Å²) in [6, 6.07) is -0.894. The summed E-state index contributed by atoms with van der Waals surface area (Å²) in [7, 11) is 0. The van der Waals surface area contributed by atoms with Crippen LogP contribution in [0.3, 0.4) is 0 Å². The molecule has 1 heterocycles. The molecule has 0 saturated carbocycles. The van der Waals surface area contributed by atoms with Crippen molar-refractivity contribution in [1.29, 1.82) is 0 Å². The van der Waals surface area contributed by atoms with Crippen LogP contribution >= 0.6 is 0 Å². The van der Waals surface area contributed by atoms with Gasteiger partial charge in [0.15, 0.2) is 0 Å². The summed E-state index contributed by atoms with van der Waals surface area (Å²) < 4.78 is 48.8. The maximum atomic E-state index is 12.5. The van der Waals surface area contributed by atoms with Crippen LogP contribution in [0.5, 0.6) is 0 Å². The number of hydrogen-bond acceptors (Lipinski definition) is 2. The highest BCUT2D eigenvalue weighted by molar-refractivity contribution is 5.76. The predicted octanol–water partition coefficient (Wildman–Crippen LogP) is 1.25. The fourth-order valence-electron chi connectivity index (χ4n) is 1.58. The SMILES string of the molecule is CC(C(=O)O)C1CN(C(=O)NCC(F)(F)C(F)F)C1. The summed E-state index contributed by atoms with van der Waals surface area (Å²) in [6.07, 6.45) is -3.84. The van der Waals surface area contributed by atoms with E-state index in [4.69, 9.17) is 5.11 Å². The van der Waals surface area contributed by atoms with Gasteiger partial charge in [-0.2, -0.15) is 8.78 Å². The zero-order chi connectivity index (χ0) is 14.8. The number of carboxylic acid groups (broad SMARTS) is 1. The van der Waals surface area contributed by atoms with Gasteiger partial charge < -0.3 is 15.3 Å². The Morgan fingerprint density at radius 2 is 1.95 bits per heavy atom. The Bertz CT molecular complexity index is 359. The number of amides is 2. The average Bonchev–Trinajstić information content (AvgIpc) is 2.23. The van der Waals surface area contributed by atoms with Crippen LogP contribution in [0.15, 0.2) is 0 Å². The number of hydrogen-bond donors (Lipinski definition) is 2. The Hall–Kier alpha value is -1.54. The Morgan fingerprint density at radius 3 is 2.37 bits per heavy atom. The second-order valence-electron chi connectivity index (χ2n) is 4.51. The zero-order valence-corrected chi connectivity index (χ0v) is 10.1. The van der Waals surface area contributed by atoms with E-state index in [0.717, 1.165) is 4.90 Å². The summed E-state index contributed by atoms with van der Waals surface area (Å²) in [5.74, 6) is -6.17. The molecule has 1 aliphatic heterocycles. The molecule has 9 heteroatoms.